The molecule has 1 heterocycles. The third-order valence-electron chi connectivity index (χ3n) is 2.95. The van der Waals surface area contributed by atoms with Crippen molar-refractivity contribution in [3.63, 3.8) is 0 Å². The minimum atomic E-state index is -1.72. The number of nitrogens with zero attached hydrogens (tertiary/aromatic N) is 3. The summed E-state index contributed by atoms with van der Waals surface area (Å²) in [6.07, 6.45) is 3.43. The highest BCUT2D eigenvalue weighted by Gasteiger charge is 2.27. The molecule has 0 aliphatic rings. The smallest absolute Gasteiger partial charge is 0.250 e. The maximum Gasteiger partial charge on any atom is 0.250 e. The van der Waals surface area contributed by atoms with Gasteiger partial charge in [-0.1, -0.05) is 46.9 Å². The molecule has 0 atom stereocenters. The lowest BCUT2D eigenvalue weighted by atomic mass is 10.1. The van der Waals surface area contributed by atoms with Gasteiger partial charge < -0.3 is 9.84 Å². The summed E-state index contributed by atoms with van der Waals surface area (Å²) in [4.78, 5) is 12.3. The number of aliphatic hydroxyl groups excluding tert-OH is 1. The number of aromatic nitrogens is 3. The van der Waals surface area contributed by atoms with Crippen LogP contribution in [-0.4, -0.2) is 27.2 Å². The molecule has 1 N–H and O–H groups in total. The number of ether oxygens (including phenoxy) is 1. The maximum atomic E-state index is 9.45. The molecular formula is C15H14Cl3N3O2. The second-order valence-corrected chi connectivity index (χ2v) is 6.90. The van der Waals surface area contributed by atoms with Gasteiger partial charge in [0.05, 0.1) is 13.7 Å². The summed E-state index contributed by atoms with van der Waals surface area (Å²) in [7, 11) is 1.57. The molecule has 0 saturated heterocycles. The Morgan fingerprint density at radius 1 is 1.17 bits per heavy atom. The SMILES string of the molecule is COc1ccc(C=Cc2nc(C)nc(C(Cl)(Cl)Cl)n2)c(CO)c1. The molecule has 8 heteroatoms. The lowest BCUT2D eigenvalue weighted by Crippen LogP contribution is -2.11. The molecule has 2 aromatic rings. The Labute approximate surface area is 148 Å². The van der Waals surface area contributed by atoms with Crippen molar-refractivity contribution in [2.45, 2.75) is 17.3 Å². The summed E-state index contributed by atoms with van der Waals surface area (Å²) in [6.45, 7) is 1.57. The standard InChI is InChI=1S/C15H14Cl3N3O2/c1-9-19-13(21-14(20-9)15(16,17)18)6-4-10-3-5-12(23-2)7-11(10)8-22/h3-7,22H,8H2,1-2H3. The molecule has 0 unspecified atom stereocenters. The Balaban J connectivity index is 2.35. The van der Waals surface area contributed by atoms with E-state index in [9.17, 15) is 5.11 Å². The van der Waals surface area contributed by atoms with Gasteiger partial charge in [0.15, 0.2) is 11.6 Å². The largest absolute Gasteiger partial charge is 0.497 e. The first kappa shape index (κ1) is 17.9. The van der Waals surface area contributed by atoms with Crippen molar-refractivity contribution in [2.75, 3.05) is 7.11 Å². The number of halogens is 3. The molecule has 2 rings (SSSR count). The van der Waals surface area contributed by atoms with Crippen LogP contribution < -0.4 is 4.74 Å². The first-order valence-corrected chi connectivity index (χ1v) is 7.72. The first-order chi connectivity index (χ1) is 10.8. The third kappa shape index (κ3) is 4.78. The van der Waals surface area contributed by atoms with E-state index < -0.39 is 3.79 Å². The number of benzene rings is 1. The van der Waals surface area contributed by atoms with Gasteiger partial charge in [-0.3, -0.25) is 0 Å². The van der Waals surface area contributed by atoms with Crippen molar-refractivity contribution in [3.05, 3.63) is 46.8 Å². The van der Waals surface area contributed by atoms with E-state index in [4.69, 9.17) is 39.5 Å². The van der Waals surface area contributed by atoms with E-state index >= 15 is 0 Å². The van der Waals surface area contributed by atoms with E-state index in [1.54, 1.807) is 38.3 Å². The molecule has 0 aliphatic carbocycles. The fraction of sp³-hybridized carbons (Fsp3) is 0.267. The molecule has 1 aromatic heterocycles. The van der Waals surface area contributed by atoms with Gasteiger partial charge in [0.1, 0.15) is 11.6 Å². The molecule has 5 nitrogen and oxygen atoms in total. The average molecular weight is 375 g/mol. The van der Waals surface area contributed by atoms with Gasteiger partial charge in [0.25, 0.3) is 0 Å². The Morgan fingerprint density at radius 2 is 1.91 bits per heavy atom. The molecule has 1 aromatic carbocycles. The van der Waals surface area contributed by atoms with Gasteiger partial charge in [0, 0.05) is 0 Å². The summed E-state index contributed by atoms with van der Waals surface area (Å²) in [6, 6.07) is 5.38. The molecule has 0 saturated carbocycles. The highest BCUT2D eigenvalue weighted by molar-refractivity contribution is 6.66. The van der Waals surface area contributed by atoms with Crippen molar-refractivity contribution in [2.24, 2.45) is 0 Å². The number of alkyl halides is 3. The molecule has 0 bridgehead atoms. The summed E-state index contributed by atoms with van der Waals surface area (Å²) in [5.41, 5.74) is 1.52. The van der Waals surface area contributed by atoms with Crippen LogP contribution in [0, 0.1) is 6.92 Å². The Kier molecular flexibility index (Phi) is 5.81. The van der Waals surface area contributed by atoms with Crippen LogP contribution in [0.4, 0.5) is 0 Å². The Bertz CT molecular complexity index is 730. The predicted molar refractivity (Wildman–Crippen MR) is 91.6 cm³/mol. The average Bonchev–Trinajstić information content (AvgIpc) is 2.51. The minimum Gasteiger partial charge on any atom is -0.497 e. The maximum absolute atomic E-state index is 9.45. The zero-order valence-corrected chi connectivity index (χ0v) is 14.7. The zero-order valence-electron chi connectivity index (χ0n) is 12.4. The summed E-state index contributed by atoms with van der Waals surface area (Å²) in [5, 5.41) is 9.45. The molecule has 0 fully saturated rings. The van der Waals surface area contributed by atoms with Gasteiger partial charge in [0.2, 0.25) is 3.79 Å². The van der Waals surface area contributed by atoms with E-state index in [-0.39, 0.29) is 12.4 Å². The number of aliphatic hydroxyl groups is 1. The minimum absolute atomic E-state index is 0.0618. The quantitative estimate of drug-likeness (QED) is 0.827. The van der Waals surface area contributed by atoms with E-state index in [0.29, 0.717) is 23.0 Å². The van der Waals surface area contributed by atoms with Crippen molar-refractivity contribution in [1.82, 2.24) is 15.0 Å². The summed E-state index contributed by atoms with van der Waals surface area (Å²) < 4.78 is 3.42. The molecule has 122 valence electrons. The second kappa shape index (κ2) is 7.45. The van der Waals surface area contributed by atoms with E-state index in [1.165, 1.54) is 0 Å². The first-order valence-electron chi connectivity index (χ1n) is 6.59. The molecule has 0 radical (unpaired) electrons. The van der Waals surface area contributed by atoms with Gasteiger partial charge in [-0.25, -0.2) is 15.0 Å². The van der Waals surface area contributed by atoms with Crippen molar-refractivity contribution >= 4 is 47.0 Å². The highest BCUT2D eigenvalue weighted by atomic mass is 35.6. The fourth-order valence-electron chi connectivity index (χ4n) is 1.88. The topological polar surface area (TPSA) is 68.1 Å². The number of rotatable bonds is 4. The van der Waals surface area contributed by atoms with Gasteiger partial charge >= 0.3 is 0 Å². The molecule has 0 aliphatic heterocycles. The van der Waals surface area contributed by atoms with Crippen molar-refractivity contribution in [1.29, 1.82) is 0 Å². The van der Waals surface area contributed by atoms with Crippen LogP contribution >= 0.6 is 34.8 Å². The number of methoxy groups -OCH3 is 1. The molecular weight excluding hydrogens is 361 g/mol. The predicted octanol–water partition coefficient (Wildman–Crippen LogP) is 3.68. The summed E-state index contributed by atoms with van der Waals surface area (Å²) >= 11 is 17.4. The molecule has 23 heavy (non-hydrogen) atoms. The zero-order chi connectivity index (χ0) is 17.0. The Morgan fingerprint density at radius 3 is 2.52 bits per heavy atom. The summed E-state index contributed by atoms with van der Waals surface area (Å²) in [5.74, 6) is 1.53. The van der Waals surface area contributed by atoms with Crippen molar-refractivity contribution < 1.29 is 9.84 Å². The molecule has 0 spiro atoms. The monoisotopic (exact) mass is 373 g/mol. The normalized spacial score (nSPS) is 11.9. The lowest BCUT2D eigenvalue weighted by molar-refractivity contribution is 0.280. The van der Waals surface area contributed by atoms with Crippen LogP contribution in [0.2, 0.25) is 0 Å². The molecule has 0 amide bonds. The lowest BCUT2D eigenvalue weighted by Gasteiger charge is -2.10. The number of hydrogen-bond donors (Lipinski definition) is 1. The van der Waals surface area contributed by atoms with Gasteiger partial charge in [-0.2, -0.15) is 0 Å². The van der Waals surface area contributed by atoms with Crippen LogP contribution in [-0.2, 0) is 10.4 Å². The fourth-order valence-corrected chi connectivity index (χ4v) is 2.13. The van der Waals surface area contributed by atoms with E-state index in [1.807, 2.05) is 6.07 Å². The van der Waals surface area contributed by atoms with Crippen LogP contribution in [0.3, 0.4) is 0 Å². The van der Waals surface area contributed by atoms with Crippen molar-refractivity contribution in [3.8, 4) is 5.75 Å². The van der Waals surface area contributed by atoms with Crippen LogP contribution in [0.5, 0.6) is 5.75 Å². The van der Waals surface area contributed by atoms with E-state index in [2.05, 4.69) is 15.0 Å². The van der Waals surface area contributed by atoms with Gasteiger partial charge in [-0.05, 0) is 36.3 Å². The van der Waals surface area contributed by atoms with Crippen LogP contribution in [0.15, 0.2) is 18.2 Å². The second-order valence-electron chi connectivity index (χ2n) is 4.62. The van der Waals surface area contributed by atoms with E-state index in [0.717, 1.165) is 5.56 Å². The van der Waals surface area contributed by atoms with Crippen LogP contribution in [0.25, 0.3) is 12.2 Å². The highest BCUT2D eigenvalue weighted by Crippen LogP contribution is 2.35. The third-order valence-corrected chi connectivity index (χ3v) is 3.46. The van der Waals surface area contributed by atoms with Gasteiger partial charge in [-0.15, -0.1) is 0 Å². The Hall–Kier alpha value is -1.40. The number of aryl methyl sites for hydroxylation is 1. The van der Waals surface area contributed by atoms with Crippen LogP contribution in [0.1, 0.15) is 28.6 Å². The number of hydrogen-bond acceptors (Lipinski definition) is 5.